The third-order valence-electron chi connectivity index (χ3n) is 3.16. The van der Waals surface area contributed by atoms with Crippen molar-refractivity contribution in [3.8, 4) is 0 Å². The monoisotopic (exact) mass is 309 g/mol. The summed E-state index contributed by atoms with van der Waals surface area (Å²) in [4.78, 5) is 23.5. The topological polar surface area (TPSA) is 70.6 Å². The first-order valence-corrected chi connectivity index (χ1v) is 7.34. The highest BCUT2D eigenvalue weighted by atomic mass is 16.2. The number of hydrogen-bond donors (Lipinski definition) is 2. The van der Waals surface area contributed by atoms with Gasteiger partial charge in [-0.2, -0.15) is 5.10 Å². The molecule has 2 aromatic carbocycles. The minimum Gasteiger partial charge on any atom is -0.344 e. The van der Waals surface area contributed by atoms with Crippen molar-refractivity contribution in [1.29, 1.82) is 0 Å². The van der Waals surface area contributed by atoms with E-state index in [-0.39, 0.29) is 11.8 Å². The number of rotatable bonds is 6. The maximum absolute atomic E-state index is 12.2. The zero-order valence-electron chi connectivity index (χ0n) is 12.9. The lowest BCUT2D eigenvalue weighted by molar-refractivity contribution is -0.128. The summed E-state index contributed by atoms with van der Waals surface area (Å²) in [6.07, 6.45) is 1.97. The molecule has 1 atom stereocenters. The van der Waals surface area contributed by atoms with Gasteiger partial charge in [-0.25, -0.2) is 5.43 Å². The van der Waals surface area contributed by atoms with Crippen LogP contribution in [-0.4, -0.2) is 24.1 Å². The van der Waals surface area contributed by atoms with E-state index in [4.69, 9.17) is 0 Å². The van der Waals surface area contributed by atoms with Crippen LogP contribution in [0.3, 0.4) is 0 Å². The van der Waals surface area contributed by atoms with Gasteiger partial charge in [0.1, 0.15) is 6.04 Å². The van der Waals surface area contributed by atoms with Crippen molar-refractivity contribution in [2.75, 3.05) is 0 Å². The summed E-state index contributed by atoms with van der Waals surface area (Å²) in [7, 11) is 0. The van der Waals surface area contributed by atoms with Crippen LogP contribution in [0.1, 0.15) is 18.1 Å². The van der Waals surface area contributed by atoms with Crippen molar-refractivity contribution in [2.24, 2.45) is 5.10 Å². The van der Waals surface area contributed by atoms with Gasteiger partial charge in [0.25, 0.3) is 5.91 Å². The number of amides is 2. The first-order chi connectivity index (χ1) is 11.1. The smallest absolute Gasteiger partial charge is 0.262 e. The van der Waals surface area contributed by atoms with E-state index in [1.807, 2.05) is 60.7 Å². The lowest BCUT2D eigenvalue weighted by Gasteiger charge is -2.16. The van der Waals surface area contributed by atoms with Crippen molar-refractivity contribution < 1.29 is 9.59 Å². The lowest BCUT2D eigenvalue weighted by Crippen LogP contribution is -2.46. The van der Waals surface area contributed by atoms with Crippen molar-refractivity contribution >= 4 is 18.0 Å². The molecule has 0 saturated heterocycles. The van der Waals surface area contributed by atoms with E-state index in [0.717, 1.165) is 11.1 Å². The largest absolute Gasteiger partial charge is 0.344 e. The second-order valence-electron chi connectivity index (χ2n) is 5.09. The third kappa shape index (κ3) is 5.74. The molecule has 118 valence electrons. The van der Waals surface area contributed by atoms with Gasteiger partial charge in [-0.15, -0.1) is 0 Å². The van der Waals surface area contributed by atoms with Gasteiger partial charge >= 0.3 is 0 Å². The molecule has 0 aromatic heterocycles. The molecule has 0 aliphatic carbocycles. The fourth-order valence-corrected chi connectivity index (χ4v) is 2.09. The summed E-state index contributed by atoms with van der Waals surface area (Å²) in [5.74, 6) is -0.607. The second kappa shape index (κ2) is 8.48. The molecule has 0 bridgehead atoms. The Morgan fingerprint density at radius 3 is 2.26 bits per heavy atom. The van der Waals surface area contributed by atoms with Gasteiger partial charge in [0.2, 0.25) is 5.91 Å². The number of carbonyl (C=O) groups excluding carboxylic acids is 2. The fraction of sp³-hybridized carbons (Fsp3) is 0.167. The molecule has 0 spiro atoms. The van der Waals surface area contributed by atoms with Gasteiger partial charge in [0.15, 0.2) is 0 Å². The van der Waals surface area contributed by atoms with Crippen LogP contribution in [0.4, 0.5) is 0 Å². The molecule has 0 heterocycles. The highest BCUT2D eigenvalue weighted by Crippen LogP contribution is 2.03. The van der Waals surface area contributed by atoms with Crippen molar-refractivity contribution in [1.82, 2.24) is 10.7 Å². The SMILES string of the molecule is CC(=O)NC(Cc1ccccc1)C(=O)N/N=C/c1ccccc1. The lowest BCUT2D eigenvalue weighted by atomic mass is 10.1. The Morgan fingerprint density at radius 1 is 1.04 bits per heavy atom. The Hall–Kier alpha value is -2.95. The van der Waals surface area contributed by atoms with Crippen LogP contribution in [0.5, 0.6) is 0 Å². The second-order valence-corrected chi connectivity index (χ2v) is 5.09. The Morgan fingerprint density at radius 2 is 1.65 bits per heavy atom. The van der Waals surface area contributed by atoms with Gasteiger partial charge in [0, 0.05) is 13.3 Å². The van der Waals surface area contributed by atoms with E-state index in [1.54, 1.807) is 6.21 Å². The predicted molar refractivity (Wildman–Crippen MR) is 89.9 cm³/mol. The number of nitrogens with zero attached hydrogens (tertiary/aromatic N) is 1. The molecular weight excluding hydrogens is 290 g/mol. The average molecular weight is 309 g/mol. The summed E-state index contributed by atoms with van der Waals surface area (Å²) >= 11 is 0. The number of benzene rings is 2. The van der Waals surface area contributed by atoms with E-state index >= 15 is 0 Å². The van der Waals surface area contributed by atoms with Gasteiger partial charge in [-0.05, 0) is 11.1 Å². The summed E-state index contributed by atoms with van der Waals surface area (Å²) < 4.78 is 0. The molecule has 2 N–H and O–H groups in total. The van der Waals surface area contributed by atoms with E-state index in [2.05, 4.69) is 15.8 Å². The molecular formula is C18H19N3O2. The minimum absolute atomic E-state index is 0.256. The van der Waals surface area contributed by atoms with Gasteiger partial charge in [-0.1, -0.05) is 60.7 Å². The predicted octanol–water partition coefficient (Wildman–Crippen LogP) is 1.88. The van der Waals surface area contributed by atoms with Crippen LogP contribution in [0.15, 0.2) is 65.8 Å². The zero-order chi connectivity index (χ0) is 16.5. The zero-order valence-corrected chi connectivity index (χ0v) is 12.9. The quantitative estimate of drug-likeness (QED) is 0.632. The van der Waals surface area contributed by atoms with E-state index in [0.29, 0.717) is 6.42 Å². The van der Waals surface area contributed by atoms with Crippen LogP contribution in [0.2, 0.25) is 0 Å². The highest BCUT2D eigenvalue weighted by molar-refractivity contribution is 5.88. The minimum atomic E-state index is -0.664. The molecule has 2 amide bonds. The van der Waals surface area contributed by atoms with Crippen LogP contribution in [-0.2, 0) is 16.0 Å². The Bertz CT molecular complexity index is 669. The molecule has 0 fully saturated rings. The van der Waals surface area contributed by atoms with E-state index < -0.39 is 6.04 Å². The van der Waals surface area contributed by atoms with Crippen LogP contribution < -0.4 is 10.7 Å². The summed E-state index contributed by atoms with van der Waals surface area (Å²) in [6.45, 7) is 1.39. The molecule has 5 nitrogen and oxygen atoms in total. The summed E-state index contributed by atoms with van der Waals surface area (Å²) in [5, 5.41) is 6.59. The van der Waals surface area contributed by atoms with Crippen molar-refractivity contribution in [3.63, 3.8) is 0 Å². The van der Waals surface area contributed by atoms with Crippen molar-refractivity contribution in [3.05, 3.63) is 71.8 Å². The molecule has 0 aliphatic rings. The molecule has 5 heteroatoms. The van der Waals surface area contributed by atoms with Gasteiger partial charge < -0.3 is 5.32 Å². The number of carbonyl (C=O) groups is 2. The van der Waals surface area contributed by atoms with E-state index in [1.165, 1.54) is 6.92 Å². The fourth-order valence-electron chi connectivity index (χ4n) is 2.09. The molecule has 0 saturated carbocycles. The molecule has 0 radical (unpaired) electrons. The van der Waals surface area contributed by atoms with Crippen LogP contribution in [0.25, 0.3) is 0 Å². The van der Waals surface area contributed by atoms with Crippen LogP contribution in [0, 0.1) is 0 Å². The van der Waals surface area contributed by atoms with Crippen LogP contribution >= 0.6 is 0 Å². The molecule has 0 aliphatic heterocycles. The van der Waals surface area contributed by atoms with Gasteiger partial charge in [-0.3, -0.25) is 9.59 Å². The number of nitrogens with one attached hydrogen (secondary N) is 2. The molecule has 2 rings (SSSR count). The number of hydrogen-bond acceptors (Lipinski definition) is 3. The summed E-state index contributed by atoms with van der Waals surface area (Å²) in [6, 6.07) is 18.3. The number of hydrazone groups is 1. The maximum Gasteiger partial charge on any atom is 0.262 e. The average Bonchev–Trinajstić information content (AvgIpc) is 2.56. The standard InChI is InChI=1S/C18H19N3O2/c1-14(22)20-17(12-15-8-4-2-5-9-15)18(23)21-19-13-16-10-6-3-7-11-16/h2-11,13,17H,12H2,1H3,(H,20,22)(H,21,23)/b19-13+. The van der Waals surface area contributed by atoms with Crippen molar-refractivity contribution in [2.45, 2.75) is 19.4 Å². The summed E-state index contributed by atoms with van der Waals surface area (Å²) in [5.41, 5.74) is 4.32. The van der Waals surface area contributed by atoms with E-state index in [9.17, 15) is 9.59 Å². The first-order valence-electron chi connectivity index (χ1n) is 7.34. The molecule has 1 unspecified atom stereocenters. The molecule has 23 heavy (non-hydrogen) atoms. The van der Waals surface area contributed by atoms with Gasteiger partial charge in [0.05, 0.1) is 6.21 Å². The first kappa shape index (κ1) is 16.4. The highest BCUT2D eigenvalue weighted by Gasteiger charge is 2.19. The molecule has 2 aromatic rings. The normalized spacial score (nSPS) is 11.9. The Labute approximate surface area is 135 Å². The Kier molecular flexibility index (Phi) is 6.06. The Balaban J connectivity index is 1.99. The maximum atomic E-state index is 12.2. The third-order valence-corrected chi connectivity index (χ3v) is 3.16.